The van der Waals surface area contributed by atoms with Gasteiger partial charge in [-0.2, -0.15) is 0 Å². The molecule has 2 heterocycles. The fourth-order valence-electron chi connectivity index (χ4n) is 2.65. The second kappa shape index (κ2) is 8.33. The molecule has 7 nitrogen and oxygen atoms in total. The van der Waals surface area contributed by atoms with Crippen molar-refractivity contribution in [3.63, 3.8) is 0 Å². The molecule has 2 amide bonds. The molecule has 1 saturated heterocycles. The zero-order chi connectivity index (χ0) is 18.5. The van der Waals surface area contributed by atoms with E-state index >= 15 is 0 Å². The molecule has 1 fully saturated rings. The van der Waals surface area contributed by atoms with Gasteiger partial charge in [0.1, 0.15) is 6.42 Å². The number of hydrogen-bond acceptors (Lipinski definition) is 5. The summed E-state index contributed by atoms with van der Waals surface area (Å²) in [7, 11) is 0. The molecule has 9 heteroatoms. The minimum atomic E-state index is -0.423. The summed E-state index contributed by atoms with van der Waals surface area (Å²) in [6, 6.07) is 6.52. The van der Waals surface area contributed by atoms with Crippen LogP contribution in [0.5, 0.6) is 0 Å². The van der Waals surface area contributed by atoms with Gasteiger partial charge in [-0.15, -0.1) is 0 Å². The van der Waals surface area contributed by atoms with Crippen LogP contribution >= 0.6 is 23.2 Å². The number of carbonyl (C=O) groups is 2. The first-order valence-corrected chi connectivity index (χ1v) is 8.83. The van der Waals surface area contributed by atoms with Crippen molar-refractivity contribution in [2.75, 3.05) is 36.4 Å². The lowest BCUT2D eigenvalue weighted by atomic mass is 10.2. The molecule has 1 aromatic heterocycles. The van der Waals surface area contributed by atoms with Crippen LogP contribution in [0.25, 0.3) is 0 Å². The van der Waals surface area contributed by atoms with Crippen LogP contribution in [0.15, 0.2) is 36.7 Å². The summed E-state index contributed by atoms with van der Waals surface area (Å²) in [5.74, 6) is -0.00444. The number of amides is 2. The van der Waals surface area contributed by atoms with Gasteiger partial charge in [0.25, 0.3) is 0 Å². The average Bonchev–Trinajstić information content (AvgIpc) is 2.65. The lowest BCUT2D eigenvalue weighted by Crippen LogP contribution is -2.49. The maximum absolute atomic E-state index is 12.4. The lowest BCUT2D eigenvalue weighted by Gasteiger charge is -2.34. The Morgan fingerprint density at radius 2 is 1.77 bits per heavy atom. The van der Waals surface area contributed by atoms with E-state index in [2.05, 4.69) is 15.3 Å². The SMILES string of the molecule is O=C(CC(=O)N1CCN(c2ncccn2)CC1)Nc1cc(Cl)ccc1Cl. The van der Waals surface area contributed by atoms with E-state index in [1.807, 2.05) is 4.90 Å². The van der Waals surface area contributed by atoms with Crippen molar-refractivity contribution in [2.24, 2.45) is 0 Å². The van der Waals surface area contributed by atoms with Crippen molar-refractivity contribution in [3.8, 4) is 0 Å². The van der Waals surface area contributed by atoms with Crippen LogP contribution in [-0.2, 0) is 9.59 Å². The fraction of sp³-hybridized carbons (Fsp3) is 0.294. The standard InChI is InChI=1S/C17H17Cl2N5O2/c18-12-2-3-13(19)14(10-12)22-15(25)11-16(26)23-6-8-24(9-7-23)17-20-4-1-5-21-17/h1-5,10H,6-9,11H2,(H,22,25). The van der Waals surface area contributed by atoms with Gasteiger partial charge >= 0.3 is 0 Å². The minimum absolute atomic E-state index is 0.228. The number of piperazine rings is 1. The number of carbonyl (C=O) groups excluding carboxylic acids is 2. The Morgan fingerprint density at radius 3 is 2.46 bits per heavy atom. The molecule has 0 unspecified atom stereocenters. The van der Waals surface area contributed by atoms with E-state index in [1.54, 1.807) is 41.6 Å². The maximum atomic E-state index is 12.4. The molecule has 2 aromatic rings. The van der Waals surface area contributed by atoms with Crippen LogP contribution in [0.1, 0.15) is 6.42 Å². The van der Waals surface area contributed by atoms with E-state index in [1.165, 1.54) is 0 Å². The van der Waals surface area contributed by atoms with Crippen molar-refractivity contribution in [1.82, 2.24) is 14.9 Å². The molecule has 1 N–H and O–H groups in total. The lowest BCUT2D eigenvalue weighted by molar-refractivity contribution is -0.134. The molecule has 26 heavy (non-hydrogen) atoms. The second-order valence-electron chi connectivity index (χ2n) is 5.77. The monoisotopic (exact) mass is 393 g/mol. The van der Waals surface area contributed by atoms with Crippen LogP contribution in [0, 0.1) is 0 Å². The predicted molar refractivity (Wildman–Crippen MR) is 101 cm³/mol. The van der Waals surface area contributed by atoms with Gasteiger partial charge in [0.05, 0.1) is 10.7 Å². The van der Waals surface area contributed by atoms with Crippen molar-refractivity contribution < 1.29 is 9.59 Å². The quantitative estimate of drug-likeness (QED) is 0.807. The molecule has 3 rings (SSSR count). The van der Waals surface area contributed by atoms with E-state index in [9.17, 15) is 9.59 Å². The highest BCUT2D eigenvalue weighted by atomic mass is 35.5. The van der Waals surface area contributed by atoms with Gasteiger partial charge in [-0.25, -0.2) is 9.97 Å². The van der Waals surface area contributed by atoms with Crippen LogP contribution in [0.4, 0.5) is 11.6 Å². The molecular weight excluding hydrogens is 377 g/mol. The molecule has 0 radical (unpaired) electrons. The Labute approximate surface area is 160 Å². The molecule has 1 aliphatic heterocycles. The Kier molecular flexibility index (Phi) is 5.90. The zero-order valence-electron chi connectivity index (χ0n) is 13.9. The van der Waals surface area contributed by atoms with E-state index in [0.29, 0.717) is 47.9 Å². The van der Waals surface area contributed by atoms with Gasteiger partial charge in [0.15, 0.2) is 0 Å². The zero-order valence-corrected chi connectivity index (χ0v) is 15.4. The summed E-state index contributed by atoms with van der Waals surface area (Å²) in [5, 5.41) is 3.44. The molecule has 0 aliphatic carbocycles. The molecule has 0 atom stereocenters. The smallest absolute Gasteiger partial charge is 0.233 e. The van der Waals surface area contributed by atoms with E-state index in [0.717, 1.165) is 0 Å². The van der Waals surface area contributed by atoms with Crippen molar-refractivity contribution >= 4 is 46.7 Å². The molecule has 136 valence electrons. The number of nitrogens with one attached hydrogen (secondary N) is 1. The largest absolute Gasteiger partial charge is 0.339 e. The van der Waals surface area contributed by atoms with Crippen molar-refractivity contribution in [1.29, 1.82) is 0 Å². The van der Waals surface area contributed by atoms with Crippen molar-refractivity contribution in [3.05, 3.63) is 46.7 Å². The maximum Gasteiger partial charge on any atom is 0.233 e. The average molecular weight is 394 g/mol. The van der Waals surface area contributed by atoms with Gasteiger partial charge in [-0.3, -0.25) is 9.59 Å². The first-order chi connectivity index (χ1) is 12.5. The number of rotatable bonds is 4. The highest BCUT2D eigenvalue weighted by Crippen LogP contribution is 2.25. The molecule has 1 aromatic carbocycles. The number of benzene rings is 1. The molecule has 1 aliphatic rings. The summed E-state index contributed by atoms with van der Waals surface area (Å²) in [6.07, 6.45) is 3.13. The fourth-order valence-corrected chi connectivity index (χ4v) is 2.98. The summed E-state index contributed by atoms with van der Waals surface area (Å²) in [6.45, 7) is 2.28. The Balaban J connectivity index is 1.51. The summed E-state index contributed by atoms with van der Waals surface area (Å²) in [4.78, 5) is 36.6. The normalized spacial score (nSPS) is 14.2. The Morgan fingerprint density at radius 1 is 1.08 bits per heavy atom. The summed E-state index contributed by atoms with van der Waals surface area (Å²) < 4.78 is 0. The predicted octanol–water partition coefficient (Wildman–Crippen LogP) is 2.46. The molecule has 0 saturated carbocycles. The van der Waals surface area contributed by atoms with Crippen molar-refractivity contribution in [2.45, 2.75) is 6.42 Å². The second-order valence-corrected chi connectivity index (χ2v) is 6.61. The Hall–Kier alpha value is -2.38. The number of nitrogens with zero attached hydrogens (tertiary/aromatic N) is 4. The third-order valence-electron chi connectivity index (χ3n) is 3.98. The first kappa shape index (κ1) is 18.4. The third-order valence-corrected chi connectivity index (χ3v) is 4.55. The van der Waals surface area contributed by atoms with E-state index < -0.39 is 5.91 Å². The number of aromatic nitrogens is 2. The van der Waals surface area contributed by atoms with Gasteiger partial charge in [0, 0.05) is 43.6 Å². The third kappa shape index (κ3) is 4.62. The van der Waals surface area contributed by atoms with E-state index in [4.69, 9.17) is 23.2 Å². The molecule has 0 spiro atoms. The van der Waals surface area contributed by atoms with Crippen LogP contribution in [0.3, 0.4) is 0 Å². The highest BCUT2D eigenvalue weighted by molar-refractivity contribution is 6.35. The van der Waals surface area contributed by atoms with Gasteiger partial charge in [0.2, 0.25) is 17.8 Å². The number of hydrogen-bond donors (Lipinski definition) is 1. The minimum Gasteiger partial charge on any atom is -0.339 e. The number of halogens is 2. The van der Waals surface area contributed by atoms with Gasteiger partial charge in [-0.1, -0.05) is 23.2 Å². The number of anilines is 2. The summed E-state index contributed by atoms with van der Waals surface area (Å²) >= 11 is 11.9. The first-order valence-electron chi connectivity index (χ1n) is 8.07. The van der Waals surface area contributed by atoms with Crippen LogP contribution in [-0.4, -0.2) is 52.9 Å². The van der Waals surface area contributed by atoms with Crippen LogP contribution < -0.4 is 10.2 Å². The van der Waals surface area contributed by atoms with Gasteiger partial charge < -0.3 is 15.1 Å². The molecular formula is C17H17Cl2N5O2. The highest BCUT2D eigenvalue weighted by Gasteiger charge is 2.24. The van der Waals surface area contributed by atoms with Crippen LogP contribution in [0.2, 0.25) is 10.0 Å². The van der Waals surface area contributed by atoms with E-state index in [-0.39, 0.29) is 12.3 Å². The summed E-state index contributed by atoms with van der Waals surface area (Å²) in [5.41, 5.74) is 0.392. The van der Waals surface area contributed by atoms with Gasteiger partial charge in [-0.05, 0) is 24.3 Å². The molecule has 0 bridgehead atoms. The Bertz CT molecular complexity index is 795. The topological polar surface area (TPSA) is 78.4 Å².